The Kier molecular flexibility index (Phi) is 3.33. The van der Waals surface area contributed by atoms with Crippen molar-refractivity contribution in [3.63, 3.8) is 0 Å². The Labute approximate surface area is 109 Å². The average molecular weight is 261 g/mol. The number of hydrogen-bond donors (Lipinski definition) is 0. The largest absolute Gasteiger partial charge is 0.496 e. The number of nitrogens with zero attached hydrogens (tertiary/aromatic N) is 3. The molecule has 19 heavy (non-hydrogen) atoms. The van der Waals surface area contributed by atoms with Gasteiger partial charge in [-0.05, 0) is 12.1 Å². The molecule has 0 aromatic heterocycles. The van der Waals surface area contributed by atoms with Gasteiger partial charge in [0.15, 0.2) is 0 Å². The van der Waals surface area contributed by atoms with Gasteiger partial charge in [-0.2, -0.15) is 5.26 Å². The minimum absolute atomic E-state index is 0.0969. The molecule has 1 fully saturated rings. The Morgan fingerprint density at radius 2 is 2.32 bits per heavy atom. The average Bonchev–Trinajstić information content (AvgIpc) is 2.79. The molecule has 0 radical (unpaired) electrons. The van der Waals surface area contributed by atoms with Gasteiger partial charge < -0.3 is 9.64 Å². The number of carbonyl (C=O) groups excluding carboxylic acids is 1. The van der Waals surface area contributed by atoms with E-state index in [0.29, 0.717) is 5.75 Å². The first-order valence-corrected chi connectivity index (χ1v) is 5.59. The Morgan fingerprint density at radius 3 is 2.84 bits per heavy atom. The molecule has 1 amide bonds. The highest BCUT2D eigenvalue weighted by Gasteiger charge is 2.34. The fourth-order valence-corrected chi connectivity index (χ4v) is 2.03. The molecule has 7 nitrogen and oxygen atoms in total. The van der Waals surface area contributed by atoms with Gasteiger partial charge in [0, 0.05) is 13.0 Å². The van der Waals surface area contributed by atoms with Gasteiger partial charge >= 0.3 is 0 Å². The lowest BCUT2D eigenvalue weighted by Crippen LogP contribution is -2.25. The number of nitro groups is 1. The quantitative estimate of drug-likeness (QED) is 0.606. The number of carbonyl (C=O) groups is 1. The minimum atomic E-state index is -0.565. The van der Waals surface area contributed by atoms with Crippen molar-refractivity contribution >= 4 is 17.3 Å². The molecule has 1 heterocycles. The molecule has 0 bridgehead atoms. The number of nitriles is 1. The van der Waals surface area contributed by atoms with E-state index in [0.717, 1.165) is 0 Å². The maximum atomic E-state index is 11.8. The molecule has 1 saturated heterocycles. The van der Waals surface area contributed by atoms with Crippen LogP contribution in [0.2, 0.25) is 0 Å². The van der Waals surface area contributed by atoms with E-state index < -0.39 is 10.8 Å². The standard InChI is InChI=1S/C12H11N3O4/c1-19-9-2-3-10(11(5-9)15(17)18)14-7-8(6-13)4-12(14)16/h2-3,5,8H,4,7H2,1H3. The lowest BCUT2D eigenvalue weighted by atomic mass is 10.1. The first kappa shape index (κ1) is 12.8. The Balaban J connectivity index is 2.43. The smallest absolute Gasteiger partial charge is 0.296 e. The van der Waals surface area contributed by atoms with Crippen LogP contribution in [0.25, 0.3) is 0 Å². The van der Waals surface area contributed by atoms with Crippen molar-refractivity contribution in [2.45, 2.75) is 6.42 Å². The van der Waals surface area contributed by atoms with E-state index in [1.165, 1.54) is 24.1 Å². The lowest BCUT2D eigenvalue weighted by molar-refractivity contribution is -0.384. The minimum Gasteiger partial charge on any atom is -0.496 e. The normalized spacial score (nSPS) is 18.2. The molecule has 1 unspecified atom stereocenters. The molecule has 1 aromatic rings. The number of hydrogen-bond acceptors (Lipinski definition) is 5. The van der Waals surface area contributed by atoms with Gasteiger partial charge in [-0.1, -0.05) is 0 Å². The van der Waals surface area contributed by atoms with Crippen molar-refractivity contribution in [3.8, 4) is 11.8 Å². The van der Waals surface area contributed by atoms with Gasteiger partial charge in [0.25, 0.3) is 5.69 Å². The number of methoxy groups -OCH3 is 1. The Bertz CT molecular complexity index is 579. The second kappa shape index (κ2) is 4.94. The monoisotopic (exact) mass is 261 g/mol. The lowest BCUT2D eigenvalue weighted by Gasteiger charge is -2.16. The number of rotatable bonds is 3. The van der Waals surface area contributed by atoms with Crippen LogP contribution in [-0.4, -0.2) is 24.5 Å². The summed E-state index contributed by atoms with van der Waals surface area (Å²) in [4.78, 5) is 23.6. The van der Waals surface area contributed by atoms with Crippen LogP contribution in [0.3, 0.4) is 0 Å². The molecular weight excluding hydrogens is 250 g/mol. The molecule has 1 atom stereocenters. The molecule has 0 N–H and O–H groups in total. The fraction of sp³-hybridized carbons (Fsp3) is 0.333. The van der Waals surface area contributed by atoms with Crippen LogP contribution in [-0.2, 0) is 4.79 Å². The Morgan fingerprint density at radius 1 is 1.58 bits per heavy atom. The summed E-state index contributed by atoms with van der Waals surface area (Å²) in [5.74, 6) is -0.354. The van der Waals surface area contributed by atoms with Crippen LogP contribution in [0, 0.1) is 27.4 Å². The topological polar surface area (TPSA) is 96.5 Å². The number of anilines is 1. The summed E-state index contributed by atoms with van der Waals surface area (Å²) in [6.07, 6.45) is 0.0969. The molecule has 1 aliphatic heterocycles. The van der Waals surface area contributed by atoms with Crippen molar-refractivity contribution in [2.24, 2.45) is 5.92 Å². The molecular formula is C12H11N3O4. The maximum Gasteiger partial charge on any atom is 0.296 e. The van der Waals surface area contributed by atoms with Gasteiger partial charge in [-0.25, -0.2) is 0 Å². The molecule has 1 aromatic carbocycles. The predicted octanol–water partition coefficient (Wildman–Crippen LogP) is 1.48. The molecule has 0 saturated carbocycles. The first-order chi connectivity index (χ1) is 9.06. The zero-order valence-electron chi connectivity index (χ0n) is 10.2. The van der Waals surface area contributed by atoms with E-state index in [2.05, 4.69) is 0 Å². The summed E-state index contributed by atoms with van der Waals surface area (Å²) < 4.78 is 4.93. The molecule has 0 spiro atoms. The summed E-state index contributed by atoms with van der Waals surface area (Å²) in [5.41, 5.74) is -0.000148. The van der Waals surface area contributed by atoms with Crippen molar-refractivity contribution in [3.05, 3.63) is 28.3 Å². The number of ether oxygens (including phenoxy) is 1. The van der Waals surface area contributed by atoms with Gasteiger partial charge in [0.1, 0.15) is 11.4 Å². The van der Waals surface area contributed by atoms with E-state index in [9.17, 15) is 14.9 Å². The molecule has 1 aliphatic rings. The zero-order chi connectivity index (χ0) is 14.0. The molecule has 0 aliphatic carbocycles. The highest BCUT2D eigenvalue weighted by atomic mass is 16.6. The predicted molar refractivity (Wildman–Crippen MR) is 65.7 cm³/mol. The van der Waals surface area contributed by atoms with Crippen LogP contribution >= 0.6 is 0 Å². The summed E-state index contributed by atoms with van der Waals surface area (Å²) in [6.45, 7) is 0.183. The second-order valence-corrected chi connectivity index (χ2v) is 4.15. The summed E-state index contributed by atoms with van der Waals surface area (Å²) in [7, 11) is 1.41. The van der Waals surface area contributed by atoms with Crippen molar-refractivity contribution < 1.29 is 14.5 Å². The van der Waals surface area contributed by atoms with E-state index >= 15 is 0 Å². The highest BCUT2D eigenvalue weighted by Crippen LogP contribution is 2.35. The molecule has 7 heteroatoms. The number of amides is 1. The van der Waals surface area contributed by atoms with E-state index in [1.54, 1.807) is 6.07 Å². The third-order valence-electron chi connectivity index (χ3n) is 2.98. The number of benzene rings is 1. The van der Waals surface area contributed by atoms with Crippen molar-refractivity contribution in [1.29, 1.82) is 5.26 Å². The SMILES string of the molecule is COc1ccc(N2CC(C#N)CC2=O)c([N+](=O)[O-])c1. The van der Waals surface area contributed by atoms with E-state index in [-0.39, 0.29) is 30.2 Å². The summed E-state index contributed by atoms with van der Waals surface area (Å²) in [5, 5.41) is 19.9. The van der Waals surface area contributed by atoms with Gasteiger partial charge in [0.05, 0.1) is 30.1 Å². The van der Waals surface area contributed by atoms with Gasteiger partial charge in [-0.3, -0.25) is 14.9 Å². The third-order valence-corrected chi connectivity index (χ3v) is 2.98. The van der Waals surface area contributed by atoms with Crippen LogP contribution in [0.15, 0.2) is 18.2 Å². The summed E-state index contributed by atoms with van der Waals surface area (Å²) >= 11 is 0. The highest BCUT2D eigenvalue weighted by molar-refractivity contribution is 5.98. The van der Waals surface area contributed by atoms with Crippen LogP contribution in [0.1, 0.15) is 6.42 Å². The van der Waals surface area contributed by atoms with Gasteiger partial charge in [-0.15, -0.1) is 0 Å². The van der Waals surface area contributed by atoms with E-state index in [1.807, 2.05) is 6.07 Å². The Hall–Kier alpha value is -2.62. The first-order valence-electron chi connectivity index (χ1n) is 5.59. The van der Waals surface area contributed by atoms with Crippen LogP contribution < -0.4 is 9.64 Å². The van der Waals surface area contributed by atoms with E-state index in [4.69, 9.17) is 10.00 Å². The maximum absolute atomic E-state index is 11.8. The van der Waals surface area contributed by atoms with Crippen LogP contribution in [0.5, 0.6) is 5.75 Å². The van der Waals surface area contributed by atoms with Gasteiger partial charge in [0.2, 0.25) is 5.91 Å². The molecule has 2 rings (SSSR count). The molecule has 98 valence electrons. The number of nitro benzene ring substituents is 1. The van der Waals surface area contributed by atoms with Crippen molar-refractivity contribution in [1.82, 2.24) is 0 Å². The zero-order valence-corrected chi connectivity index (χ0v) is 10.2. The second-order valence-electron chi connectivity index (χ2n) is 4.15. The third kappa shape index (κ3) is 2.33. The summed E-state index contributed by atoms with van der Waals surface area (Å²) in [6, 6.07) is 6.29. The van der Waals surface area contributed by atoms with Crippen LogP contribution in [0.4, 0.5) is 11.4 Å². The fourth-order valence-electron chi connectivity index (χ4n) is 2.03. The van der Waals surface area contributed by atoms with Crippen molar-refractivity contribution in [2.75, 3.05) is 18.6 Å².